The number of hydrogen-bond acceptors (Lipinski definition) is 3. The lowest BCUT2D eigenvalue weighted by atomic mass is 10.1. The first kappa shape index (κ1) is 19.4. The van der Waals surface area contributed by atoms with Crippen LogP contribution in [0.4, 0.5) is 10.1 Å². The van der Waals surface area contributed by atoms with Gasteiger partial charge in [0.05, 0.1) is 16.4 Å². The van der Waals surface area contributed by atoms with Crippen molar-refractivity contribution in [3.8, 4) is 0 Å². The average Bonchev–Trinajstić information content (AvgIpc) is 2.51. The number of hydrogen-bond donors (Lipinski definition) is 2. The quantitative estimate of drug-likeness (QED) is 0.741. The number of aryl methyl sites for hydroxylation is 1. The van der Waals surface area contributed by atoms with E-state index in [-0.39, 0.29) is 11.7 Å². The summed E-state index contributed by atoms with van der Waals surface area (Å²) in [6.45, 7) is 2.13. The molecule has 0 atom stereocenters. The lowest BCUT2D eigenvalue weighted by molar-refractivity contribution is 0.0954. The van der Waals surface area contributed by atoms with Crippen LogP contribution in [0, 0.1) is 12.7 Å². The van der Waals surface area contributed by atoms with Crippen LogP contribution in [0.2, 0.25) is 0 Å². The SMILES string of the molecule is Cc1ccc(C(=O)NCCc2ccc(F)c(Br)c2)cc1NS(C)(=O)=O. The summed E-state index contributed by atoms with van der Waals surface area (Å²) in [5, 5.41) is 2.77. The zero-order valence-electron chi connectivity index (χ0n) is 13.8. The van der Waals surface area contributed by atoms with E-state index >= 15 is 0 Å². The summed E-state index contributed by atoms with van der Waals surface area (Å²) in [4.78, 5) is 12.2. The van der Waals surface area contributed by atoms with Crippen molar-refractivity contribution in [1.29, 1.82) is 0 Å². The lowest BCUT2D eigenvalue weighted by Gasteiger charge is -2.11. The Morgan fingerprint density at radius 3 is 2.56 bits per heavy atom. The zero-order chi connectivity index (χ0) is 18.6. The predicted octanol–water partition coefficient (Wildman–Crippen LogP) is 3.24. The maximum atomic E-state index is 13.2. The van der Waals surface area contributed by atoms with E-state index in [4.69, 9.17) is 0 Å². The highest BCUT2D eigenvalue weighted by atomic mass is 79.9. The molecule has 2 aromatic carbocycles. The monoisotopic (exact) mass is 428 g/mol. The van der Waals surface area contributed by atoms with Crippen molar-refractivity contribution in [3.05, 3.63) is 63.4 Å². The molecule has 8 heteroatoms. The first-order chi connectivity index (χ1) is 11.7. The van der Waals surface area contributed by atoms with Crippen LogP contribution in [-0.2, 0) is 16.4 Å². The average molecular weight is 429 g/mol. The molecule has 2 rings (SSSR count). The van der Waals surface area contributed by atoms with E-state index in [1.54, 1.807) is 31.2 Å². The molecule has 2 N–H and O–H groups in total. The summed E-state index contributed by atoms with van der Waals surface area (Å²) in [6.07, 6.45) is 1.60. The molecule has 0 bridgehead atoms. The largest absolute Gasteiger partial charge is 0.352 e. The minimum atomic E-state index is -3.42. The van der Waals surface area contributed by atoms with Gasteiger partial charge in [0.25, 0.3) is 5.91 Å². The van der Waals surface area contributed by atoms with E-state index in [2.05, 4.69) is 26.0 Å². The fraction of sp³-hybridized carbons (Fsp3) is 0.235. The highest BCUT2D eigenvalue weighted by Crippen LogP contribution is 2.19. The van der Waals surface area contributed by atoms with Gasteiger partial charge in [-0.3, -0.25) is 9.52 Å². The molecule has 0 aliphatic heterocycles. The number of amides is 1. The molecule has 1 amide bonds. The van der Waals surface area contributed by atoms with Crippen molar-refractivity contribution in [2.24, 2.45) is 0 Å². The molecule has 0 aliphatic rings. The normalized spacial score (nSPS) is 11.2. The van der Waals surface area contributed by atoms with Crippen LogP contribution in [0.25, 0.3) is 0 Å². The minimum Gasteiger partial charge on any atom is -0.352 e. The van der Waals surface area contributed by atoms with Gasteiger partial charge in [-0.05, 0) is 64.7 Å². The van der Waals surface area contributed by atoms with E-state index in [0.717, 1.165) is 17.4 Å². The minimum absolute atomic E-state index is 0.308. The van der Waals surface area contributed by atoms with Gasteiger partial charge in [0, 0.05) is 12.1 Å². The van der Waals surface area contributed by atoms with Crippen LogP contribution in [-0.4, -0.2) is 27.1 Å². The molecule has 0 aliphatic carbocycles. The highest BCUT2D eigenvalue weighted by molar-refractivity contribution is 9.10. The fourth-order valence-electron chi connectivity index (χ4n) is 2.19. The molecule has 0 heterocycles. The second kappa shape index (κ2) is 7.97. The molecule has 0 saturated heterocycles. The molecule has 0 saturated carbocycles. The van der Waals surface area contributed by atoms with E-state index in [1.807, 2.05) is 0 Å². The Bertz CT molecular complexity index is 901. The smallest absolute Gasteiger partial charge is 0.251 e. The first-order valence-corrected chi connectivity index (χ1v) is 10.1. The molecule has 25 heavy (non-hydrogen) atoms. The van der Waals surface area contributed by atoms with E-state index in [0.29, 0.717) is 28.7 Å². The summed E-state index contributed by atoms with van der Waals surface area (Å²) in [5.74, 6) is -0.643. The van der Waals surface area contributed by atoms with Crippen LogP contribution in [0.3, 0.4) is 0 Å². The Balaban J connectivity index is 2.00. The van der Waals surface area contributed by atoms with Crippen molar-refractivity contribution in [2.75, 3.05) is 17.5 Å². The molecule has 0 radical (unpaired) electrons. The number of rotatable bonds is 6. The standard InChI is InChI=1S/C17H18BrFN2O3S/c1-11-3-5-13(10-16(11)21-25(2,23)24)17(22)20-8-7-12-4-6-15(19)14(18)9-12/h3-6,9-10,21H,7-8H2,1-2H3,(H,20,22). The van der Waals surface area contributed by atoms with Gasteiger partial charge in [0.15, 0.2) is 0 Å². The molecule has 0 fully saturated rings. The van der Waals surface area contributed by atoms with Crippen LogP contribution < -0.4 is 10.0 Å². The fourth-order valence-corrected chi connectivity index (χ4v) is 3.24. The van der Waals surface area contributed by atoms with E-state index < -0.39 is 10.0 Å². The second-order valence-electron chi connectivity index (χ2n) is 5.66. The van der Waals surface area contributed by atoms with Gasteiger partial charge in [0.1, 0.15) is 5.82 Å². The van der Waals surface area contributed by atoms with Gasteiger partial charge in [-0.2, -0.15) is 0 Å². The van der Waals surface area contributed by atoms with Crippen molar-refractivity contribution >= 4 is 37.5 Å². The van der Waals surface area contributed by atoms with Crippen LogP contribution in [0.1, 0.15) is 21.5 Å². The summed E-state index contributed by atoms with van der Waals surface area (Å²) in [5.41, 5.74) is 2.34. The molecule has 134 valence electrons. The molecular formula is C17H18BrFN2O3S. The molecule has 0 aromatic heterocycles. The summed E-state index contributed by atoms with van der Waals surface area (Å²) >= 11 is 3.12. The van der Waals surface area contributed by atoms with E-state index in [1.165, 1.54) is 12.1 Å². The number of carbonyl (C=O) groups is 1. The van der Waals surface area contributed by atoms with Crippen molar-refractivity contribution in [2.45, 2.75) is 13.3 Å². The van der Waals surface area contributed by atoms with Crippen molar-refractivity contribution in [1.82, 2.24) is 5.32 Å². The number of benzene rings is 2. The molecule has 5 nitrogen and oxygen atoms in total. The number of anilines is 1. The second-order valence-corrected chi connectivity index (χ2v) is 8.26. The van der Waals surface area contributed by atoms with Crippen molar-refractivity contribution < 1.29 is 17.6 Å². The Morgan fingerprint density at radius 1 is 1.20 bits per heavy atom. The third-order valence-corrected chi connectivity index (χ3v) is 4.68. The molecule has 0 spiro atoms. The van der Waals surface area contributed by atoms with Gasteiger partial charge in [-0.15, -0.1) is 0 Å². The number of halogens is 2. The lowest BCUT2D eigenvalue weighted by Crippen LogP contribution is -2.26. The maximum Gasteiger partial charge on any atom is 0.251 e. The molecular weight excluding hydrogens is 411 g/mol. The maximum absolute atomic E-state index is 13.2. The van der Waals surface area contributed by atoms with Gasteiger partial charge in [-0.1, -0.05) is 12.1 Å². The van der Waals surface area contributed by atoms with Crippen LogP contribution in [0.5, 0.6) is 0 Å². The topological polar surface area (TPSA) is 75.3 Å². The Kier molecular flexibility index (Phi) is 6.18. The van der Waals surface area contributed by atoms with E-state index in [9.17, 15) is 17.6 Å². The van der Waals surface area contributed by atoms with Gasteiger partial charge in [0.2, 0.25) is 10.0 Å². The highest BCUT2D eigenvalue weighted by Gasteiger charge is 2.10. The Labute approximate surface area is 154 Å². The summed E-state index contributed by atoms with van der Waals surface area (Å²) in [6, 6.07) is 9.50. The van der Waals surface area contributed by atoms with Gasteiger partial charge < -0.3 is 5.32 Å². The number of sulfonamides is 1. The first-order valence-electron chi connectivity index (χ1n) is 7.46. The number of carbonyl (C=O) groups excluding carboxylic acids is 1. The van der Waals surface area contributed by atoms with Crippen LogP contribution >= 0.6 is 15.9 Å². The van der Waals surface area contributed by atoms with Crippen LogP contribution in [0.15, 0.2) is 40.9 Å². The molecule has 0 unspecified atom stereocenters. The molecule has 2 aromatic rings. The van der Waals surface area contributed by atoms with Gasteiger partial charge >= 0.3 is 0 Å². The number of nitrogens with one attached hydrogen (secondary N) is 2. The Morgan fingerprint density at radius 2 is 1.92 bits per heavy atom. The predicted molar refractivity (Wildman–Crippen MR) is 99.8 cm³/mol. The summed E-state index contributed by atoms with van der Waals surface area (Å²) in [7, 11) is -3.42. The van der Waals surface area contributed by atoms with Gasteiger partial charge in [-0.25, -0.2) is 12.8 Å². The Hall–Kier alpha value is -1.93. The third kappa shape index (κ3) is 5.82. The van der Waals surface area contributed by atoms with Crippen molar-refractivity contribution in [3.63, 3.8) is 0 Å². The third-order valence-electron chi connectivity index (χ3n) is 3.48. The zero-order valence-corrected chi connectivity index (χ0v) is 16.2. The summed E-state index contributed by atoms with van der Waals surface area (Å²) < 4.78 is 38.7.